The van der Waals surface area contributed by atoms with Gasteiger partial charge in [0.1, 0.15) is 17.9 Å². The van der Waals surface area contributed by atoms with Crippen LogP contribution in [0.5, 0.6) is 5.75 Å². The van der Waals surface area contributed by atoms with Gasteiger partial charge in [-0.1, -0.05) is 0 Å². The first-order chi connectivity index (χ1) is 8.69. The van der Waals surface area contributed by atoms with Gasteiger partial charge in [0, 0.05) is 11.8 Å². The van der Waals surface area contributed by atoms with E-state index in [2.05, 4.69) is 0 Å². The number of carboxylic acids is 1. The first-order valence-electron chi connectivity index (χ1n) is 4.87. The number of alkyl halides is 3. The van der Waals surface area contributed by atoms with Crippen LogP contribution in [0.25, 0.3) is 0 Å². The molecule has 0 fully saturated rings. The van der Waals surface area contributed by atoms with Crippen LogP contribution in [0.15, 0.2) is 18.2 Å². The molecular weight excluding hydrogens is 269 g/mol. The second-order valence-corrected chi connectivity index (χ2v) is 3.46. The summed E-state index contributed by atoms with van der Waals surface area (Å²) in [5, 5.41) is 21.5. The summed E-state index contributed by atoms with van der Waals surface area (Å²) >= 11 is 0. The largest absolute Gasteiger partial charge is 0.507 e. The van der Waals surface area contributed by atoms with Crippen molar-refractivity contribution < 1.29 is 33.0 Å². The van der Waals surface area contributed by atoms with E-state index < -0.39 is 30.5 Å². The van der Waals surface area contributed by atoms with E-state index in [1.165, 1.54) is 0 Å². The molecule has 0 saturated heterocycles. The first kappa shape index (κ1) is 14.6. The van der Waals surface area contributed by atoms with E-state index in [9.17, 15) is 27.9 Å². The maximum Gasteiger partial charge on any atom is 0.405 e. The lowest BCUT2D eigenvalue weighted by atomic mass is 10.2. The molecule has 0 aliphatic carbocycles. The topological polar surface area (TPSA) is 98.7 Å². The predicted molar refractivity (Wildman–Crippen MR) is 58.1 cm³/mol. The van der Waals surface area contributed by atoms with Crippen LogP contribution in [-0.4, -0.2) is 34.9 Å². The number of carbonyl (C=O) groups is 2. The number of aromatic carboxylic acids is 1. The number of amides is 2. The van der Waals surface area contributed by atoms with E-state index >= 15 is 0 Å². The maximum atomic E-state index is 11.8. The zero-order valence-corrected chi connectivity index (χ0v) is 9.28. The van der Waals surface area contributed by atoms with Gasteiger partial charge in [0.15, 0.2) is 0 Å². The number of halogens is 3. The lowest BCUT2D eigenvalue weighted by Gasteiger charge is -2.10. The van der Waals surface area contributed by atoms with Gasteiger partial charge < -0.3 is 20.8 Å². The summed E-state index contributed by atoms with van der Waals surface area (Å²) in [5.74, 6) is -1.98. The van der Waals surface area contributed by atoms with Gasteiger partial charge in [-0.05, 0) is 12.1 Å². The number of aromatic hydroxyl groups is 1. The number of anilines is 1. The van der Waals surface area contributed by atoms with E-state index in [1.807, 2.05) is 5.32 Å². The van der Waals surface area contributed by atoms with Gasteiger partial charge in [-0.2, -0.15) is 13.2 Å². The lowest BCUT2D eigenvalue weighted by Crippen LogP contribution is -2.36. The standard InChI is InChI=1S/C10H9F3N2O4/c11-10(12,13)4-14-9(19)15-5-1-2-6(8(17)18)7(16)3-5/h1-3,16H,4H2,(H,17,18)(H2,14,15,19). The molecule has 0 unspecified atom stereocenters. The fraction of sp³-hybridized carbons (Fsp3) is 0.200. The van der Waals surface area contributed by atoms with Crippen LogP contribution >= 0.6 is 0 Å². The number of rotatable bonds is 3. The SMILES string of the molecule is O=C(NCC(F)(F)F)Nc1ccc(C(=O)O)c(O)c1. The molecule has 6 nitrogen and oxygen atoms in total. The number of urea groups is 1. The predicted octanol–water partition coefficient (Wildman–Crippen LogP) is 1.77. The van der Waals surface area contributed by atoms with Crippen LogP contribution < -0.4 is 10.6 Å². The lowest BCUT2D eigenvalue weighted by molar-refractivity contribution is -0.122. The van der Waals surface area contributed by atoms with Gasteiger partial charge in [0.05, 0.1) is 0 Å². The average molecular weight is 278 g/mol. The Bertz CT molecular complexity index is 502. The van der Waals surface area contributed by atoms with Crippen LogP contribution in [0.2, 0.25) is 0 Å². The highest BCUT2D eigenvalue weighted by Crippen LogP contribution is 2.21. The number of hydrogen-bond acceptors (Lipinski definition) is 3. The third-order valence-corrected chi connectivity index (χ3v) is 1.94. The highest BCUT2D eigenvalue weighted by Gasteiger charge is 2.27. The number of phenols is 1. The van der Waals surface area contributed by atoms with Crippen molar-refractivity contribution in [1.82, 2.24) is 5.32 Å². The molecule has 9 heteroatoms. The Kier molecular flexibility index (Phi) is 4.20. The van der Waals surface area contributed by atoms with Crippen molar-refractivity contribution in [1.29, 1.82) is 0 Å². The van der Waals surface area contributed by atoms with Crippen molar-refractivity contribution in [2.24, 2.45) is 0 Å². The van der Waals surface area contributed by atoms with E-state index in [4.69, 9.17) is 5.11 Å². The molecule has 0 saturated carbocycles. The third kappa shape index (κ3) is 4.74. The van der Waals surface area contributed by atoms with Gasteiger partial charge >= 0.3 is 18.2 Å². The Balaban J connectivity index is 2.65. The number of carbonyl (C=O) groups excluding carboxylic acids is 1. The zero-order chi connectivity index (χ0) is 14.6. The molecule has 1 aromatic carbocycles. The van der Waals surface area contributed by atoms with Crippen LogP contribution in [0.3, 0.4) is 0 Å². The smallest absolute Gasteiger partial charge is 0.405 e. The highest BCUT2D eigenvalue weighted by atomic mass is 19.4. The molecular formula is C10H9F3N2O4. The Morgan fingerprint density at radius 2 is 1.89 bits per heavy atom. The van der Waals surface area contributed by atoms with E-state index in [1.54, 1.807) is 5.32 Å². The van der Waals surface area contributed by atoms with Crippen molar-refractivity contribution in [2.45, 2.75) is 6.18 Å². The summed E-state index contributed by atoms with van der Waals surface area (Å²) in [7, 11) is 0. The molecule has 0 bridgehead atoms. The van der Waals surface area contributed by atoms with Crippen LogP contribution in [-0.2, 0) is 0 Å². The summed E-state index contributed by atoms with van der Waals surface area (Å²) in [6.07, 6.45) is -4.54. The molecule has 0 atom stereocenters. The Labute approximate surface area is 104 Å². The molecule has 0 radical (unpaired) electrons. The second kappa shape index (κ2) is 5.46. The van der Waals surface area contributed by atoms with Gasteiger partial charge in [-0.15, -0.1) is 0 Å². The number of nitrogens with one attached hydrogen (secondary N) is 2. The average Bonchev–Trinajstić information content (AvgIpc) is 2.25. The van der Waals surface area contributed by atoms with Crippen molar-refractivity contribution in [2.75, 3.05) is 11.9 Å². The molecule has 0 heterocycles. The number of benzene rings is 1. The maximum absolute atomic E-state index is 11.8. The summed E-state index contributed by atoms with van der Waals surface area (Å²) in [6, 6.07) is 1.93. The molecule has 1 rings (SSSR count). The van der Waals surface area contributed by atoms with Crippen LogP contribution in [0.4, 0.5) is 23.7 Å². The second-order valence-electron chi connectivity index (χ2n) is 3.46. The molecule has 4 N–H and O–H groups in total. The Morgan fingerprint density at radius 1 is 1.26 bits per heavy atom. The minimum atomic E-state index is -4.54. The number of hydrogen-bond donors (Lipinski definition) is 4. The summed E-state index contributed by atoms with van der Waals surface area (Å²) in [4.78, 5) is 21.7. The van der Waals surface area contributed by atoms with E-state index in [0.29, 0.717) is 0 Å². The Morgan fingerprint density at radius 3 is 2.37 bits per heavy atom. The first-order valence-corrected chi connectivity index (χ1v) is 4.87. The summed E-state index contributed by atoms with van der Waals surface area (Å²) in [5.41, 5.74) is -0.427. The molecule has 1 aromatic rings. The quantitative estimate of drug-likeness (QED) is 0.677. The van der Waals surface area contributed by atoms with E-state index in [0.717, 1.165) is 18.2 Å². The Hall–Kier alpha value is -2.45. The van der Waals surface area contributed by atoms with Crippen molar-refractivity contribution in [3.63, 3.8) is 0 Å². The molecule has 19 heavy (non-hydrogen) atoms. The van der Waals surface area contributed by atoms with Gasteiger partial charge in [0.2, 0.25) is 0 Å². The summed E-state index contributed by atoms with van der Waals surface area (Å²) < 4.78 is 35.4. The van der Waals surface area contributed by atoms with Crippen molar-refractivity contribution in [3.05, 3.63) is 23.8 Å². The van der Waals surface area contributed by atoms with Crippen LogP contribution in [0.1, 0.15) is 10.4 Å². The molecule has 0 aliphatic heterocycles. The molecule has 0 aliphatic rings. The van der Waals surface area contributed by atoms with Gasteiger partial charge in [-0.3, -0.25) is 0 Å². The fourth-order valence-electron chi connectivity index (χ4n) is 1.15. The summed E-state index contributed by atoms with van der Waals surface area (Å²) in [6.45, 7) is -1.50. The van der Waals surface area contributed by atoms with Crippen molar-refractivity contribution in [3.8, 4) is 5.75 Å². The highest BCUT2D eigenvalue weighted by molar-refractivity contribution is 5.93. The number of carboxylic acid groups (broad SMARTS) is 1. The normalized spacial score (nSPS) is 10.9. The van der Waals surface area contributed by atoms with Crippen LogP contribution in [0, 0.1) is 0 Å². The zero-order valence-electron chi connectivity index (χ0n) is 9.28. The molecule has 2 amide bonds. The molecule has 0 spiro atoms. The minimum absolute atomic E-state index is 0.0397. The van der Waals surface area contributed by atoms with Gasteiger partial charge in [-0.25, -0.2) is 9.59 Å². The minimum Gasteiger partial charge on any atom is -0.507 e. The van der Waals surface area contributed by atoms with E-state index in [-0.39, 0.29) is 11.3 Å². The fourth-order valence-corrected chi connectivity index (χ4v) is 1.15. The third-order valence-electron chi connectivity index (χ3n) is 1.94. The molecule has 104 valence electrons. The molecule has 0 aromatic heterocycles. The monoisotopic (exact) mass is 278 g/mol. The van der Waals surface area contributed by atoms with Crippen molar-refractivity contribution >= 4 is 17.7 Å². The van der Waals surface area contributed by atoms with Gasteiger partial charge in [0.25, 0.3) is 0 Å².